The van der Waals surface area contributed by atoms with Crippen molar-refractivity contribution in [1.82, 2.24) is 4.68 Å². The number of carbonyl (C=O) groups excluding carboxylic acids is 1. The molecule has 5 nitrogen and oxygen atoms in total. The van der Waals surface area contributed by atoms with Crippen LogP contribution in [0.3, 0.4) is 0 Å². The maximum atomic E-state index is 13.0. The third kappa shape index (κ3) is 3.27. The van der Waals surface area contributed by atoms with Gasteiger partial charge in [0.15, 0.2) is 5.71 Å². The number of thiophene rings is 1. The first kappa shape index (κ1) is 18.6. The molecule has 0 unspecified atom stereocenters. The van der Waals surface area contributed by atoms with E-state index in [9.17, 15) is 4.79 Å². The second-order valence-electron chi connectivity index (χ2n) is 6.48. The summed E-state index contributed by atoms with van der Waals surface area (Å²) in [6.07, 6.45) is 0. The summed E-state index contributed by atoms with van der Waals surface area (Å²) < 4.78 is 1.79. The SMILES string of the molecule is C=C(C)CN=c1scc(-c2cccs2)n1N=C1C(=O)N(CC)c2ccccc21. The summed E-state index contributed by atoms with van der Waals surface area (Å²) in [5, 5.41) is 8.88. The number of likely N-dealkylation sites (N-methyl/N-ethyl adjacent to an activating group) is 1. The normalized spacial score (nSPS) is 15.5. The average Bonchev–Trinajstić information content (AvgIpc) is 3.39. The van der Waals surface area contributed by atoms with Crippen molar-refractivity contribution in [2.24, 2.45) is 10.1 Å². The second kappa shape index (κ2) is 7.69. The molecule has 4 rings (SSSR count). The molecule has 2 aromatic heterocycles. The Kier molecular flexibility index (Phi) is 5.11. The molecule has 0 radical (unpaired) electrons. The molecule has 1 aromatic carbocycles. The molecule has 142 valence electrons. The van der Waals surface area contributed by atoms with Crippen LogP contribution < -0.4 is 9.70 Å². The Balaban J connectivity index is 1.92. The largest absolute Gasteiger partial charge is 0.307 e. The minimum absolute atomic E-state index is 0.0784. The standard InChI is InChI=1S/C21H20N4OS2/c1-4-24-16-9-6-5-8-15(16)19(20(24)26)23-25-17(18-10-7-11-27-18)13-28-21(25)22-12-14(2)3/h5-11,13H,2,4,12H2,1,3H3. The van der Waals surface area contributed by atoms with Crippen LogP contribution in [0.15, 0.2) is 69.4 Å². The zero-order valence-corrected chi connectivity index (χ0v) is 17.4. The van der Waals surface area contributed by atoms with Gasteiger partial charge in [-0.2, -0.15) is 5.10 Å². The minimum Gasteiger partial charge on any atom is -0.307 e. The highest BCUT2D eigenvalue weighted by molar-refractivity contribution is 7.14. The second-order valence-corrected chi connectivity index (χ2v) is 8.27. The van der Waals surface area contributed by atoms with Gasteiger partial charge in [-0.1, -0.05) is 36.4 Å². The molecule has 0 bridgehead atoms. The van der Waals surface area contributed by atoms with Crippen LogP contribution in [-0.4, -0.2) is 29.4 Å². The van der Waals surface area contributed by atoms with Crippen molar-refractivity contribution in [2.45, 2.75) is 13.8 Å². The summed E-state index contributed by atoms with van der Waals surface area (Å²) in [5.74, 6) is -0.0784. The van der Waals surface area contributed by atoms with Crippen LogP contribution in [0.4, 0.5) is 5.69 Å². The summed E-state index contributed by atoms with van der Waals surface area (Å²) in [6, 6.07) is 11.9. The molecule has 7 heteroatoms. The monoisotopic (exact) mass is 408 g/mol. The molecular formula is C21H20N4OS2. The molecule has 0 N–H and O–H groups in total. The Morgan fingerprint density at radius 2 is 2.00 bits per heavy atom. The van der Waals surface area contributed by atoms with E-state index >= 15 is 0 Å². The van der Waals surface area contributed by atoms with Gasteiger partial charge in [0.2, 0.25) is 4.80 Å². The van der Waals surface area contributed by atoms with Crippen LogP contribution in [0.1, 0.15) is 19.4 Å². The van der Waals surface area contributed by atoms with Gasteiger partial charge in [0, 0.05) is 17.5 Å². The van der Waals surface area contributed by atoms with Crippen molar-refractivity contribution in [1.29, 1.82) is 0 Å². The van der Waals surface area contributed by atoms with Crippen molar-refractivity contribution >= 4 is 40.0 Å². The van der Waals surface area contributed by atoms with Crippen LogP contribution in [-0.2, 0) is 4.79 Å². The Morgan fingerprint density at radius 3 is 2.71 bits per heavy atom. The van der Waals surface area contributed by atoms with Crippen molar-refractivity contribution in [3.05, 3.63) is 69.7 Å². The first-order chi connectivity index (χ1) is 13.6. The van der Waals surface area contributed by atoms with Crippen molar-refractivity contribution < 1.29 is 4.79 Å². The number of amides is 1. The van der Waals surface area contributed by atoms with Gasteiger partial charge in [-0.3, -0.25) is 9.79 Å². The number of nitrogens with zero attached hydrogens (tertiary/aromatic N) is 4. The van der Waals surface area contributed by atoms with E-state index in [4.69, 9.17) is 5.10 Å². The van der Waals surface area contributed by atoms with E-state index in [0.717, 1.165) is 32.2 Å². The molecule has 0 aliphatic carbocycles. The maximum Gasteiger partial charge on any atom is 0.279 e. The van der Waals surface area contributed by atoms with E-state index in [1.165, 1.54) is 11.3 Å². The van der Waals surface area contributed by atoms with Crippen molar-refractivity contribution in [3.63, 3.8) is 0 Å². The molecule has 28 heavy (non-hydrogen) atoms. The Bertz CT molecular complexity index is 1140. The van der Waals surface area contributed by atoms with Gasteiger partial charge < -0.3 is 4.90 Å². The molecule has 0 saturated carbocycles. The highest BCUT2D eigenvalue weighted by Crippen LogP contribution is 2.30. The predicted octanol–water partition coefficient (Wildman–Crippen LogP) is 4.37. The topological polar surface area (TPSA) is 50.0 Å². The highest BCUT2D eigenvalue weighted by atomic mass is 32.1. The molecule has 3 aromatic rings. The van der Waals surface area contributed by atoms with Crippen molar-refractivity contribution in [2.75, 3.05) is 18.0 Å². The lowest BCUT2D eigenvalue weighted by molar-refractivity contribution is -0.112. The number of rotatable bonds is 5. The third-order valence-electron chi connectivity index (χ3n) is 4.36. The summed E-state index contributed by atoms with van der Waals surface area (Å²) in [7, 11) is 0. The van der Waals surface area contributed by atoms with Gasteiger partial charge in [-0.15, -0.1) is 22.7 Å². The predicted molar refractivity (Wildman–Crippen MR) is 117 cm³/mol. The molecule has 0 saturated heterocycles. The number of hydrogen-bond acceptors (Lipinski definition) is 5. The van der Waals surface area contributed by atoms with E-state index in [1.54, 1.807) is 20.9 Å². The lowest BCUT2D eigenvalue weighted by Gasteiger charge is -2.12. The van der Waals surface area contributed by atoms with Crippen molar-refractivity contribution in [3.8, 4) is 10.6 Å². The molecule has 1 aliphatic heterocycles. The fourth-order valence-corrected chi connectivity index (χ4v) is 4.70. The Morgan fingerprint density at radius 1 is 1.18 bits per heavy atom. The maximum absolute atomic E-state index is 13.0. The fourth-order valence-electron chi connectivity index (χ4n) is 3.07. The molecule has 3 heterocycles. The first-order valence-corrected chi connectivity index (χ1v) is 10.8. The minimum atomic E-state index is -0.0784. The molecule has 0 spiro atoms. The van der Waals surface area contributed by atoms with Crippen LogP contribution in [0.5, 0.6) is 0 Å². The van der Waals surface area contributed by atoms with Crippen LogP contribution in [0.2, 0.25) is 0 Å². The van der Waals surface area contributed by atoms with Gasteiger partial charge in [-0.05, 0) is 31.4 Å². The van der Waals surface area contributed by atoms with Crippen LogP contribution >= 0.6 is 22.7 Å². The molecule has 1 amide bonds. The first-order valence-electron chi connectivity index (χ1n) is 8.99. The number of hydrogen-bond donors (Lipinski definition) is 0. The number of para-hydroxylation sites is 1. The summed E-state index contributed by atoms with van der Waals surface area (Å²) in [4.78, 5) is 21.3. The zero-order chi connectivity index (χ0) is 19.7. The number of fused-ring (bicyclic) bond motifs is 1. The smallest absolute Gasteiger partial charge is 0.279 e. The van der Waals surface area contributed by atoms with Gasteiger partial charge >= 0.3 is 0 Å². The lowest BCUT2D eigenvalue weighted by atomic mass is 10.1. The van der Waals surface area contributed by atoms with E-state index in [-0.39, 0.29) is 5.91 Å². The summed E-state index contributed by atoms with van der Waals surface area (Å²) >= 11 is 3.16. The van der Waals surface area contributed by atoms with Crippen LogP contribution in [0.25, 0.3) is 10.6 Å². The third-order valence-corrected chi connectivity index (χ3v) is 6.10. The Hall–Kier alpha value is -2.77. The average molecular weight is 409 g/mol. The van der Waals surface area contributed by atoms with E-state index in [1.807, 2.05) is 54.9 Å². The van der Waals surface area contributed by atoms with Gasteiger partial charge in [0.1, 0.15) is 0 Å². The fraction of sp³-hybridized carbons (Fsp3) is 0.190. The number of anilines is 1. The summed E-state index contributed by atoms with van der Waals surface area (Å²) in [6.45, 7) is 8.98. The molecular weight excluding hydrogens is 388 g/mol. The number of thiazole rings is 1. The number of carbonyl (C=O) groups is 1. The molecule has 0 atom stereocenters. The Labute approximate surface area is 171 Å². The molecule has 0 fully saturated rings. The quantitative estimate of drug-likeness (QED) is 0.578. The molecule has 1 aliphatic rings. The number of aromatic nitrogens is 1. The summed E-state index contributed by atoms with van der Waals surface area (Å²) in [5.41, 5.74) is 4.13. The zero-order valence-electron chi connectivity index (χ0n) is 15.8. The van der Waals surface area contributed by atoms with E-state index in [0.29, 0.717) is 18.8 Å². The highest BCUT2D eigenvalue weighted by Gasteiger charge is 2.33. The number of benzene rings is 1. The van der Waals surface area contributed by atoms with E-state index in [2.05, 4.69) is 17.6 Å². The van der Waals surface area contributed by atoms with Crippen LogP contribution in [0, 0.1) is 0 Å². The lowest BCUT2D eigenvalue weighted by Crippen LogP contribution is -2.30. The van der Waals surface area contributed by atoms with Gasteiger partial charge in [0.05, 0.1) is 22.8 Å². The van der Waals surface area contributed by atoms with E-state index < -0.39 is 0 Å². The van der Waals surface area contributed by atoms with Gasteiger partial charge in [0.25, 0.3) is 5.91 Å². The van der Waals surface area contributed by atoms with Gasteiger partial charge in [-0.25, -0.2) is 4.68 Å².